The smallest absolute Gasteiger partial charge is 0.264 e. The van der Waals surface area contributed by atoms with E-state index >= 15 is 0 Å². The van der Waals surface area contributed by atoms with Crippen molar-refractivity contribution < 1.29 is 4.79 Å². The van der Waals surface area contributed by atoms with Crippen molar-refractivity contribution in [3.63, 3.8) is 0 Å². The van der Waals surface area contributed by atoms with Gasteiger partial charge in [-0.25, -0.2) is 0 Å². The largest absolute Gasteiger partial charge is 0.359 e. The molecule has 0 spiro atoms. The Morgan fingerprint density at radius 3 is 2.07 bits per heavy atom. The number of amides is 1. The molecule has 3 aromatic rings. The average molecular weight is 422 g/mol. The van der Waals surface area contributed by atoms with Gasteiger partial charge in [0.05, 0.1) is 16.8 Å². The van der Waals surface area contributed by atoms with Crippen LogP contribution in [0.25, 0.3) is 0 Å². The van der Waals surface area contributed by atoms with E-state index in [1.807, 2.05) is 66.7 Å². The van der Waals surface area contributed by atoms with Crippen molar-refractivity contribution in [3.8, 4) is 6.07 Å². The van der Waals surface area contributed by atoms with Crippen LogP contribution >= 0.6 is 23.2 Å². The lowest BCUT2D eigenvalue weighted by Gasteiger charge is -2.19. The maximum Gasteiger partial charge on any atom is 0.264 e. The van der Waals surface area contributed by atoms with Gasteiger partial charge in [-0.3, -0.25) is 4.79 Å². The molecule has 0 heterocycles. The first-order chi connectivity index (χ1) is 14.1. The van der Waals surface area contributed by atoms with Crippen molar-refractivity contribution in [2.24, 2.45) is 0 Å². The maximum atomic E-state index is 12.8. The summed E-state index contributed by atoms with van der Waals surface area (Å²) in [6, 6.07) is 25.6. The Balaban J connectivity index is 1.84. The van der Waals surface area contributed by atoms with Gasteiger partial charge in [0.25, 0.3) is 5.91 Å². The monoisotopic (exact) mass is 421 g/mol. The van der Waals surface area contributed by atoms with Gasteiger partial charge in [0, 0.05) is 11.2 Å². The summed E-state index contributed by atoms with van der Waals surface area (Å²) in [6.45, 7) is 0. The molecular formula is C23H17Cl2N3O. The minimum absolute atomic E-state index is 0.0853. The molecular weight excluding hydrogens is 405 g/mol. The highest BCUT2D eigenvalue weighted by Crippen LogP contribution is 2.26. The van der Waals surface area contributed by atoms with Gasteiger partial charge in [-0.2, -0.15) is 5.26 Å². The number of anilines is 1. The number of hydrogen-bond donors (Lipinski definition) is 2. The second-order valence-electron chi connectivity index (χ2n) is 6.17. The topological polar surface area (TPSA) is 64.9 Å². The summed E-state index contributed by atoms with van der Waals surface area (Å²) in [5, 5.41) is 16.2. The Morgan fingerprint density at radius 1 is 0.931 bits per heavy atom. The highest BCUT2D eigenvalue weighted by atomic mass is 35.5. The lowest BCUT2D eigenvalue weighted by molar-refractivity contribution is -0.117. The second kappa shape index (κ2) is 9.79. The van der Waals surface area contributed by atoms with E-state index < -0.39 is 11.9 Å². The molecule has 0 fully saturated rings. The quantitative estimate of drug-likeness (QED) is 0.395. The van der Waals surface area contributed by atoms with Crippen LogP contribution in [0.5, 0.6) is 0 Å². The van der Waals surface area contributed by atoms with Gasteiger partial charge in [-0.15, -0.1) is 0 Å². The lowest BCUT2D eigenvalue weighted by Crippen LogP contribution is -2.30. The fourth-order valence-corrected chi connectivity index (χ4v) is 3.11. The molecule has 0 saturated carbocycles. The van der Waals surface area contributed by atoms with Crippen LogP contribution in [0, 0.1) is 11.3 Å². The summed E-state index contributed by atoms with van der Waals surface area (Å²) in [5.41, 5.74) is 2.24. The Bertz CT molecular complexity index is 1020. The predicted molar refractivity (Wildman–Crippen MR) is 117 cm³/mol. The zero-order valence-corrected chi connectivity index (χ0v) is 16.8. The molecule has 3 rings (SSSR count). The normalized spacial score (nSPS) is 11.0. The molecule has 1 amide bonds. The molecule has 29 heavy (non-hydrogen) atoms. The van der Waals surface area contributed by atoms with Crippen LogP contribution in [0.3, 0.4) is 0 Å². The molecule has 0 bridgehead atoms. The van der Waals surface area contributed by atoms with Crippen LogP contribution in [0.15, 0.2) is 90.6 Å². The first-order valence-corrected chi connectivity index (χ1v) is 9.56. The molecule has 0 aromatic heterocycles. The molecule has 0 aliphatic carbocycles. The summed E-state index contributed by atoms with van der Waals surface area (Å²) in [4.78, 5) is 12.8. The highest BCUT2D eigenvalue weighted by Gasteiger charge is 2.19. The van der Waals surface area contributed by atoms with Crippen molar-refractivity contribution >= 4 is 34.8 Å². The van der Waals surface area contributed by atoms with E-state index in [1.54, 1.807) is 18.2 Å². The predicted octanol–water partition coefficient (Wildman–Crippen LogP) is 5.72. The molecule has 3 aromatic carbocycles. The standard InChI is InChI=1S/C23H17Cl2N3O/c24-19-11-12-20(25)21(13-19)27-15-18(14-26)23(29)28-22(16-7-3-1-4-8-16)17-9-5-2-6-10-17/h1-13,15,22,27H,(H,28,29)/b18-15-. The summed E-state index contributed by atoms with van der Waals surface area (Å²) < 4.78 is 0. The van der Waals surface area contributed by atoms with Gasteiger partial charge >= 0.3 is 0 Å². The highest BCUT2D eigenvalue weighted by molar-refractivity contribution is 6.35. The molecule has 2 N–H and O–H groups in total. The molecule has 0 aliphatic heterocycles. The summed E-state index contributed by atoms with van der Waals surface area (Å²) in [5.74, 6) is -0.504. The number of nitriles is 1. The van der Waals surface area contributed by atoms with Crippen LogP contribution < -0.4 is 10.6 Å². The molecule has 0 radical (unpaired) electrons. The van der Waals surface area contributed by atoms with Gasteiger partial charge in [0.1, 0.15) is 11.6 Å². The number of nitrogens with zero attached hydrogens (tertiary/aromatic N) is 1. The number of hydrogen-bond acceptors (Lipinski definition) is 3. The molecule has 0 atom stereocenters. The van der Waals surface area contributed by atoms with E-state index in [0.29, 0.717) is 15.7 Å². The van der Waals surface area contributed by atoms with E-state index in [1.165, 1.54) is 6.20 Å². The summed E-state index contributed by atoms with van der Waals surface area (Å²) >= 11 is 12.1. The van der Waals surface area contributed by atoms with E-state index in [2.05, 4.69) is 10.6 Å². The summed E-state index contributed by atoms with van der Waals surface area (Å²) in [7, 11) is 0. The van der Waals surface area contributed by atoms with Crippen molar-refractivity contribution in [3.05, 3.63) is 112 Å². The molecule has 4 nitrogen and oxygen atoms in total. The molecule has 0 saturated heterocycles. The van der Waals surface area contributed by atoms with Crippen molar-refractivity contribution in [1.82, 2.24) is 5.32 Å². The van der Waals surface area contributed by atoms with Gasteiger partial charge in [0.2, 0.25) is 0 Å². The van der Waals surface area contributed by atoms with Crippen molar-refractivity contribution in [2.45, 2.75) is 6.04 Å². The minimum atomic E-state index is -0.504. The number of carbonyl (C=O) groups is 1. The third kappa shape index (κ3) is 5.39. The second-order valence-corrected chi connectivity index (χ2v) is 7.01. The Hall–Kier alpha value is -3.26. The maximum absolute atomic E-state index is 12.8. The Labute approximate surface area is 179 Å². The SMILES string of the molecule is N#C/C(=C/Nc1cc(Cl)ccc1Cl)C(=O)NC(c1ccccc1)c1ccccc1. The fourth-order valence-electron chi connectivity index (χ4n) is 2.77. The van der Waals surface area contributed by atoms with Gasteiger partial charge < -0.3 is 10.6 Å². The van der Waals surface area contributed by atoms with Crippen LogP contribution in [0.1, 0.15) is 17.2 Å². The molecule has 0 unspecified atom stereocenters. The number of rotatable bonds is 6. The van der Waals surface area contributed by atoms with E-state index in [0.717, 1.165) is 11.1 Å². The van der Waals surface area contributed by atoms with Crippen LogP contribution in [-0.4, -0.2) is 5.91 Å². The van der Waals surface area contributed by atoms with Crippen molar-refractivity contribution in [1.29, 1.82) is 5.26 Å². The van der Waals surface area contributed by atoms with Crippen LogP contribution in [0.2, 0.25) is 10.0 Å². The number of nitrogens with one attached hydrogen (secondary N) is 2. The number of halogens is 2. The summed E-state index contributed by atoms with van der Waals surface area (Å²) in [6.07, 6.45) is 1.32. The number of carbonyl (C=O) groups excluding carboxylic acids is 1. The van der Waals surface area contributed by atoms with E-state index in [4.69, 9.17) is 23.2 Å². The third-order valence-electron chi connectivity index (χ3n) is 4.21. The molecule has 0 aliphatic rings. The molecule has 6 heteroatoms. The minimum Gasteiger partial charge on any atom is -0.359 e. The fraction of sp³-hybridized carbons (Fsp3) is 0.0435. The lowest BCUT2D eigenvalue weighted by atomic mass is 9.98. The molecule has 144 valence electrons. The Kier molecular flexibility index (Phi) is 6.91. The first-order valence-electron chi connectivity index (χ1n) is 8.81. The van der Waals surface area contributed by atoms with Crippen LogP contribution in [-0.2, 0) is 4.79 Å². The van der Waals surface area contributed by atoms with E-state index in [-0.39, 0.29) is 5.57 Å². The zero-order valence-electron chi connectivity index (χ0n) is 15.3. The average Bonchev–Trinajstić information content (AvgIpc) is 2.76. The first kappa shape index (κ1) is 20.5. The zero-order chi connectivity index (χ0) is 20.6. The van der Waals surface area contributed by atoms with E-state index in [9.17, 15) is 10.1 Å². The third-order valence-corrected chi connectivity index (χ3v) is 4.77. The van der Waals surface area contributed by atoms with Crippen molar-refractivity contribution in [2.75, 3.05) is 5.32 Å². The van der Waals surface area contributed by atoms with Gasteiger partial charge in [0.15, 0.2) is 0 Å². The number of benzene rings is 3. The van der Waals surface area contributed by atoms with Gasteiger partial charge in [-0.1, -0.05) is 83.9 Å². The van der Waals surface area contributed by atoms with Gasteiger partial charge in [-0.05, 0) is 29.3 Å². The van der Waals surface area contributed by atoms with Crippen LogP contribution in [0.4, 0.5) is 5.69 Å². The Morgan fingerprint density at radius 2 is 1.52 bits per heavy atom.